The first-order valence-corrected chi connectivity index (χ1v) is 7.49. The molecule has 3 aromatic rings. The van der Waals surface area contributed by atoms with Gasteiger partial charge in [-0.3, -0.25) is 0 Å². The van der Waals surface area contributed by atoms with Crippen LogP contribution in [0.25, 0.3) is 5.69 Å². The maximum atomic E-state index is 4.56. The molecule has 0 atom stereocenters. The molecule has 0 bridgehead atoms. The fourth-order valence-electron chi connectivity index (χ4n) is 2.21. The normalized spacial score (nSPS) is 10.6. The van der Waals surface area contributed by atoms with Crippen molar-refractivity contribution >= 4 is 11.8 Å². The molecule has 2 aromatic heterocycles. The van der Waals surface area contributed by atoms with E-state index in [-0.39, 0.29) is 0 Å². The zero-order valence-corrected chi connectivity index (χ0v) is 13.6. The summed E-state index contributed by atoms with van der Waals surface area (Å²) in [7, 11) is 3.93. The van der Waals surface area contributed by atoms with Gasteiger partial charge in [0.1, 0.15) is 5.82 Å². The number of nitrogens with zero attached hydrogens (tertiary/aromatic N) is 5. The molecule has 0 aliphatic carbocycles. The van der Waals surface area contributed by atoms with Crippen molar-refractivity contribution in [2.75, 3.05) is 24.3 Å². The molecule has 23 heavy (non-hydrogen) atoms. The van der Waals surface area contributed by atoms with Crippen LogP contribution in [-0.2, 0) is 6.54 Å². The summed E-state index contributed by atoms with van der Waals surface area (Å²) in [5, 5.41) is 7.80. The van der Waals surface area contributed by atoms with Crippen LogP contribution in [0.1, 0.15) is 11.4 Å². The number of para-hydroxylation sites is 1. The minimum Gasteiger partial charge on any atom is -0.363 e. The molecule has 0 amide bonds. The largest absolute Gasteiger partial charge is 0.363 e. The van der Waals surface area contributed by atoms with Crippen molar-refractivity contribution in [3.63, 3.8) is 0 Å². The van der Waals surface area contributed by atoms with Gasteiger partial charge in [0.15, 0.2) is 0 Å². The first kappa shape index (κ1) is 15.0. The summed E-state index contributed by atoms with van der Waals surface area (Å²) in [5.74, 6) is 1.50. The lowest BCUT2D eigenvalue weighted by Gasteiger charge is -2.13. The highest BCUT2D eigenvalue weighted by atomic mass is 15.3. The lowest BCUT2D eigenvalue weighted by molar-refractivity contribution is 0.840. The molecule has 6 heteroatoms. The zero-order valence-electron chi connectivity index (χ0n) is 13.6. The van der Waals surface area contributed by atoms with E-state index in [1.807, 2.05) is 79.3 Å². The van der Waals surface area contributed by atoms with E-state index in [9.17, 15) is 0 Å². The molecule has 0 aliphatic rings. The van der Waals surface area contributed by atoms with Crippen molar-refractivity contribution < 1.29 is 0 Å². The van der Waals surface area contributed by atoms with E-state index in [1.54, 1.807) is 0 Å². The predicted octanol–water partition coefficient (Wildman–Crippen LogP) is 2.65. The van der Waals surface area contributed by atoms with E-state index in [0.29, 0.717) is 12.5 Å². The third kappa shape index (κ3) is 3.66. The van der Waals surface area contributed by atoms with Gasteiger partial charge in [0.05, 0.1) is 17.9 Å². The van der Waals surface area contributed by atoms with Gasteiger partial charge in [0.2, 0.25) is 5.95 Å². The highest BCUT2D eigenvalue weighted by molar-refractivity contribution is 5.43. The van der Waals surface area contributed by atoms with Crippen molar-refractivity contribution in [1.29, 1.82) is 0 Å². The average Bonchev–Trinajstić information content (AvgIpc) is 3.02. The zero-order chi connectivity index (χ0) is 16.2. The highest BCUT2D eigenvalue weighted by Gasteiger charge is 2.05. The number of aryl methyl sites for hydroxylation is 1. The number of rotatable bonds is 5. The van der Waals surface area contributed by atoms with Crippen molar-refractivity contribution in [2.24, 2.45) is 0 Å². The Bertz CT molecular complexity index is 779. The molecule has 1 aromatic carbocycles. The van der Waals surface area contributed by atoms with Crippen LogP contribution >= 0.6 is 0 Å². The molecule has 0 radical (unpaired) electrons. The molecule has 2 heterocycles. The van der Waals surface area contributed by atoms with E-state index in [2.05, 4.69) is 20.4 Å². The van der Waals surface area contributed by atoms with Crippen LogP contribution in [0.5, 0.6) is 0 Å². The molecule has 118 valence electrons. The Kier molecular flexibility index (Phi) is 4.23. The van der Waals surface area contributed by atoms with Gasteiger partial charge in [-0.2, -0.15) is 10.1 Å². The minimum absolute atomic E-state index is 0.580. The average molecular weight is 308 g/mol. The summed E-state index contributed by atoms with van der Waals surface area (Å²) in [5.41, 5.74) is 2.91. The minimum atomic E-state index is 0.580. The third-order valence-corrected chi connectivity index (χ3v) is 3.39. The van der Waals surface area contributed by atoms with Gasteiger partial charge in [-0.25, -0.2) is 9.67 Å². The molecule has 0 saturated carbocycles. The standard InChI is InChI=1S/C17H20N6/c1-13-11-16(22(2)3)20-17(19-13)18-12-14-9-10-23(21-14)15-7-5-4-6-8-15/h4-11H,12H2,1-3H3,(H,18,19,20). The number of benzene rings is 1. The van der Waals surface area contributed by atoms with E-state index < -0.39 is 0 Å². The van der Waals surface area contributed by atoms with Crippen LogP contribution in [0.3, 0.4) is 0 Å². The fraction of sp³-hybridized carbons (Fsp3) is 0.235. The molecule has 0 saturated heterocycles. The fourth-order valence-corrected chi connectivity index (χ4v) is 2.21. The Morgan fingerprint density at radius 2 is 1.87 bits per heavy atom. The Balaban J connectivity index is 1.71. The van der Waals surface area contributed by atoms with Crippen LogP contribution in [0.2, 0.25) is 0 Å². The second-order valence-electron chi connectivity index (χ2n) is 5.53. The molecular formula is C17H20N6. The maximum absolute atomic E-state index is 4.56. The summed E-state index contributed by atoms with van der Waals surface area (Å²) in [6.45, 7) is 2.54. The van der Waals surface area contributed by atoms with Crippen molar-refractivity contribution in [1.82, 2.24) is 19.7 Å². The van der Waals surface area contributed by atoms with Crippen LogP contribution in [-0.4, -0.2) is 33.8 Å². The summed E-state index contributed by atoms with van der Waals surface area (Å²) >= 11 is 0. The number of hydrogen-bond acceptors (Lipinski definition) is 5. The van der Waals surface area contributed by atoms with Gasteiger partial charge in [-0.05, 0) is 25.1 Å². The predicted molar refractivity (Wildman–Crippen MR) is 92.0 cm³/mol. The number of hydrogen-bond donors (Lipinski definition) is 1. The quantitative estimate of drug-likeness (QED) is 0.785. The first-order chi connectivity index (χ1) is 11.1. The molecule has 6 nitrogen and oxygen atoms in total. The van der Waals surface area contributed by atoms with Gasteiger partial charge in [-0.15, -0.1) is 0 Å². The Morgan fingerprint density at radius 3 is 2.61 bits per heavy atom. The monoisotopic (exact) mass is 308 g/mol. The smallest absolute Gasteiger partial charge is 0.225 e. The Morgan fingerprint density at radius 1 is 1.09 bits per heavy atom. The lowest BCUT2D eigenvalue weighted by Crippen LogP contribution is -2.13. The molecule has 3 rings (SSSR count). The topological polar surface area (TPSA) is 58.9 Å². The first-order valence-electron chi connectivity index (χ1n) is 7.49. The second-order valence-corrected chi connectivity index (χ2v) is 5.53. The number of anilines is 2. The molecular weight excluding hydrogens is 288 g/mol. The van der Waals surface area contributed by atoms with Crippen LogP contribution in [0, 0.1) is 6.92 Å². The van der Waals surface area contributed by atoms with Crippen LogP contribution < -0.4 is 10.2 Å². The maximum Gasteiger partial charge on any atom is 0.225 e. The van der Waals surface area contributed by atoms with Gasteiger partial charge < -0.3 is 10.2 Å². The molecule has 0 spiro atoms. The van der Waals surface area contributed by atoms with E-state index in [1.165, 1.54) is 0 Å². The molecule has 1 N–H and O–H groups in total. The number of nitrogens with one attached hydrogen (secondary N) is 1. The van der Waals surface area contributed by atoms with Crippen molar-refractivity contribution in [3.8, 4) is 5.69 Å². The Hall–Kier alpha value is -2.89. The third-order valence-electron chi connectivity index (χ3n) is 3.39. The van der Waals surface area contributed by atoms with E-state index >= 15 is 0 Å². The second kappa shape index (κ2) is 6.48. The van der Waals surface area contributed by atoms with E-state index in [4.69, 9.17) is 0 Å². The Labute approximate surface area is 135 Å². The van der Waals surface area contributed by atoms with Gasteiger partial charge in [-0.1, -0.05) is 18.2 Å². The highest BCUT2D eigenvalue weighted by Crippen LogP contribution is 2.13. The molecule has 0 unspecified atom stereocenters. The van der Waals surface area contributed by atoms with Crippen LogP contribution in [0.4, 0.5) is 11.8 Å². The lowest BCUT2D eigenvalue weighted by atomic mass is 10.3. The van der Waals surface area contributed by atoms with Gasteiger partial charge >= 0.3 is 0 Å². The summed E-state index contributed by atoms with van der Waals surface area (Å²) < 4.78 is 1.86. The summed E-state index contributed by atoms with van der Waals surface area (Å²) in [6, 6.07) is 14.0. The summed E-state index contributed by atoms with van der Waals surface area (Å²) in [4.78, 5) is 10.9. The molecule has 0 aliphatic heterocycles. The van der Waals surface area contributed by atoms with Crippen molar-refractivity contribution in [2.45, 2.75) is 13.5 Å². The van der Waals surface area contributed by atoms with Crippen molar-refractivity contribution in [3.05, 3.63) is 60.0 Å². The molecule has 0 fully saturated rings. The van der Waals surface area contributed by atoms with Gasteiger partial charge in [0.25, 0.3) is 0 Å². The van der Waals surface area contributed by atoms with E-state index in [0.717, 1.165) is 22.9 Å². The van der Waals surface area contributed by atoms with Gasteiger partial charge in [0, 0.05) is 32.1 Å². The van der Waals surface area contributed by atoms with Crippen LogP contribution in [0.15, 0.2) is 48.7 Å². The number of aromatic nitrogens is 4. The SMILES string of the molecule is Cc1cc(N(C)C)nc(NCc2ccn(-c3ccccc3)n2)n1. The summed E-state index contributed by atoms with van der Waals surface area (Å²) in [6.07, 6.45) is 1.95.